The molecule has 0 saturated heterocycles. The summed E-state index contributed by atoms with van der Waals surface area (Å²) in [5.41, 5.74) is 1.46. The summed E-state index contributed by atoms with van der Waals surface area (Å²) in [7, 11) is 1.58. The van der Waals surface area contributed by atoms with E-state index in [4.69, 9.17) is 14.2 Å². The van der Waals surface area contributed by atoms with Crippen molar-refractivity contribution in [1.82, 2.24) is 24.1 Å². The summed E-state index contributed by atoms with van der Waals surface area (Å²) < 4.78 is 19.4. The number of aromatic nitrogens is 5. The molecule has 0 unspecified atom stereocenters. The average molecular weight is 379 g/mol. The summed E-state index contributed by atoms with van der Waals surface area (Å²) in [6.07, 6.45) is 3.29. The van der Waals surface area contributed by atoms with E-state index in [2.05, 4.69) is 15.1 Å². The lowest BCUT2D eigenvalue weighted by molar-refractivity contribution is 0.171. The maximum Gasteiger partial charge on any atom is 0.261 e. The first-order valence-corrected chi connectivity index (χ1v) is 8.84. The first-order chi connectivity index (χ1) is 13.7. The summed E-state index contributed by atoms with van der Waals surface area (Å²) >= 11 is 0. The zero-order chi connectivity index (χ0) is 19.1. The molecule has 28 heavy (non-hydrogen) atoms. The standard InChI is InChI=1S/C19H17N5O4/c1-26-11-17-21-19-20-9-13-14(24(19)22-17)4-5-23(18(13)25)10-12-2-3-15-16(8-12)28-7-6-27-15/h2-5,8-9H,6-7,10-11H2,1H3. The Kier molecular flexibility index (Phi) is 3.94. The fourth-order valence-corrected chi connectivity index (χ4v) is 3.30. The molecular formula is C19H17N5O4. The van der Waals surface area contributed by atoms with Crippen molar-refractivity contribution in [3.63, 3.8) is 0 Å². The van der Waals surface area contributed by atoms with Crippen molar-refractivity contribution in [3.8, 4) is 11.5 Å². The Morgan fingerprint density at radius 3 is 2.89 bits per heavy atom. The second-order valence-electron chi connectivity index (χ2n) is 6.46. The van der Waals surface area contributed by atoms with Crippen molar-refractivity contribution in [1.29, 1.82) is 0 Å². The molecule has 1 aliphatic heterocycles. The van der Waals surface area contributed by atoms with E-state index in [9.17, 15) is 4.79 Å². The summed E-state index contributed by atoms with van der Waals surface area (Å²) in [5, 5.41) is 4.85. The highest BCUT2D eigenvalue weighted by atomic mass is 16.6. The molecule has 0 saturated carbocycles. The van der Waals surface area contributed by atoms with Crippen molar-refractivity contribution in [2.45, 2.75) is 13.2 Å². The number of rotatable bonds is 4. The second kappa shape index (κ2) is 6.61. The van der Waals surface area contributed by atoms with Gasteiger partial charge in [-0.1, -0.05) is 6.07 Å². The van der Waals surface area contributed by atoms with E-state index in [0.717, 1.165) is 11.3 Å². The van der Waals surface area contributed by atoms with Gasteiger partial charge in [0.05, 0.1) is 17.4 Å². The molecule has 9 nitrogen and oxygen atoms in total. The van der Waals surface area contributed by atoms with Gasteiger partial charge in [0, 0.05) is 19.5 Å². The van der Waals surface area contributed by atoms with E-state index in [0.29, 0.717) is 48.0 Å². The molecule has 0 amide bonds. The van der Waals surface area contributed by atoms with Crippen molar-refractivity contribution in [2.75, 3.05) is 20.3 Å². The molecule has 5 rings (SSSR count). The number of hydrogen-bond acceptors (Lipinski definition) is 7. The molecule has 1 aromatic carbocycles. The van der Waals surface area contributed by atoms with E-state index in [1.54, 1.807) is 28.6 Å². The molecule has 9 heteroatoms. The number of methoxy groups -OCH3 is 1. The lowest BCUT2D eigenvalue weighted by atomic mass is 10.2. The summed E-state index contributed by atoms with van der Waals surface area (Å²) in [6.45, 7) is 1.77. The Bertz CT molecular complexity index is 1250. The molecule has 142 valence electrons. The third-order valence-corrected chi connectivity index (χ3v) is 4.58. The highest BCUT2D eigenvalue weighted by Gasteiger charge is 2.14. The minimum Gasteiger partial charge on any atom is -0.486 e. The predicted octanol–water partition coefficient (Wildman–Crippen LogP) is 1.41. The number of nitrogens with zero attached hydrogens (tertiary/aromatic N) is 5. The number of benzene rings is 1. The van der Waals surface area contributed by atoms with Crippen molar-refractivity contribution in [3.05, 3.63) is 58.4 Å². The maximum atomic E-state index is 13.0. The summed E-state index contributed by atoms with van der Waals surface area (Å²) in [6, 6.07) is 7.55. The van der Waals surface area contributed by atoms with Crippen LogP contribution in [0.3, 0.4) is 0 Å². The van der Waals surface area contributed by atoms with Crippen LogP contribution in [0.5, 0.6) is 11.5 Å². The van der Waals surface area contributed by atoms with Gasteiger partial charge in [0.25, 0.3) is 11.3 Å². The fraction of sp³-hybridized carbons (Fsp3) is 0.263. The van der Waals surface area contributed by atoms with Gasteiger partial charge in [0.2, 0.25) is 0 Å². The van der Waals surface area contributed by atoms with Crippen LogP contribution < -0.4 is 15.0 Å². The SMILES string of the molecule is COCc1nc2ncc3c(=O)n(Cc4ccc5c(c4)OCCO5)ccc3n2n1. The van der Waals surface area contributed by atoms with Crippen molar-refractivity contribution in [2.24, 2.45) is 0 Å². The Morgan fingerprint density at radius 2 is 2.04 bits per heavy atom. The normalized spacial score (nSPS) is 13.3. The molecule has 0 aliphatic carbocycles. The first-order valence-electron chi connectivity index (χ1n) is 8.84. The van der Waals surface area contributed by atoms with Crippen LogP contribution in [-0.4, -0.2) is 44.5 Å². The third kappa shape index (κ3) is 2.76. The summed E-state index contributed by atoms with van der Waals surface area (Å²) in [5.74, 6) is 2.38. The predicted molar refractivity (Wildman–Crippen MR) is 99.8 cm³/mol. The van der Waals surface area contributed by atoms with Gasteiger partial charge >= 0.3 is 0 Å². The Morgan fingerprint density at radius 1 is 1.18 bits per heavy atom. The second-order valence-corrected chi connectivity index (χ2v) is 6.46. The Balaban J connectivity index is 1.54. The van der Waals surface area contributed by atoms with Gasteiger partial charge in [0.15, 0.2) is 17.3 Å². The van der Waals surface area contributed by atoms with Gasteiger partial charge in [-0.3, -0.25) is 4.79 Å². The maximum absolute atomic E-state index is 13.0. The van der Waals surface area contributed by atoms with Crippen molar-refractivity contribution >= 4 is 16.7 Å². The topological polar surface area (TPSA) is 92.8 Å². The lowest BCUT2D eigenvalue weighted by Crippen LogP contribution is -2.21. The van der Waals surface area contributed by atoms with Gasteiger partial charge in [-0.05, 0) is 23.8 Å². The first kappa shape index (κ1) is 16.7. The lowest BCUT2D eigenvalue weighted by Gasteiger charge is -2.19. The van der Waals surface area contributed by atoms with Gasteiger partial charge in [-0.2, -0.15) is 9.50 Å². The third-order valence-electron chi connectivity index (χ3n) is 4.58. The highest BCUT2D eigenvalue weighted by molar-refractivity contribution is 5.78. The minimum atomic E-state index is -0.148. The van der Waals surface area contributed by atoms with Crippen LogP contribution in [0.15, 0.2) is 41.5 Å². The molecule has 3 aromatic heterocycles. The molecule has 4 aromatic rings. The van der Waals surface area contributed by atoms with Crippen LogP contribution in [0.1, 0.15) is 11.4 Å². The van der Waals surface area contributed by atoms with Crippen molar-refractivity contribution < 1.29 is 14.2 Å². The number of ether oxygens (including phenoxy) is 3. The Hall–Kier alpha value is -3.46. The van der Waals surface area contributed by atoms with E-state index >= 15 is 0 Å². The van der Waals surface area contributed by atoms with Crippen LogP contribution in [0.25, 0.3) is 16.7 Å². The van der Waals surface area contributed by atoms with Gasteiger partial charge in [-0.15, -0.1) is 5.10 Å². The van der Waals surface area contributed by atoms with E-state index in [-0.39, 0.29) is 12.2 Å². The number of pyridine rings is 1. The molecule has 0 N–H and O–H groups in total. The van der Waals surface area contributed by atoms with E-state index < -0.39 is 0 Å². The van der Waals surface area contributed by atoms with Gasteiger partial charge in [0.1, 0.15) is 19.8 Å². The van der Waals surface area contributed by atoms with Gasteiger partial charge in [-0.25, -0.2) is 4.98 Å². The average Bonchev–Trinajstić information content (AvgIpc) is 3.13. The summed E-state index contributed by atoms with van der Waals surface area (Å²) in [4.78, 5) is 21.5. The smallest absolute Gasteiger partial charge is 0.261 e. The van der Waals surface area contributed by atoms with E-state index in [1.807, 2.05) is 24.3 Å². The van der Waals surface area contributed by atoms with Gasteiger partial charge < -0.3 is 18.8 Å². The molecule has 4 heterocycles. The van der Waals surface area contributed by atoms with Crippen LogP contribution in [-0.2, 0) is 17.9 Å². The Labute approximate surface area is 159 Å². The number of hydrogen-bond donors (Lipinski definition) is 0. The number of fused-ring (bicyclic) bond motifs is 4. The highest BCUT2D eigenvalue weighted by Crippen LogP contribution is 2.30. The van der Waals surface area contributed by atoms with Crippen LogP contribution in [0.4, 0.5) is 0 Å². The fourth-order valence-electron chi connectivity index (χ4n) is 3.30. The molecule has 0 atom stereocenters. The molecule has 1 aliphatic rings. The molecule has 0 bridgehead atoms. The van der Waals surface area contributed by atoms with Crippen LogP contribution in [0.2, 0.25) is 0 Å². The van der Waals surface area contributed by atoms with E-state index in [1.165, 1.54) is 0 Å². The monoisotopic (exact) mass is 379 g/mol. The zero-order valence-electron chi connectivity index (χ0n) is 15.2. The van der Waals surface area contributed by atoms with Crippen LogP contribution in [0, 0.1) is 0 Å². The molecular weight excluding hydrogens is 362 g/mol. The zero-order valence-corrected chi connectivity index (χ0v) is 15.2. The molecule has 0 radical (unpaired) electrons. The van der Waals surface area contributed by atoms with Crippen LogP contribution >= 0.6 is 0 Å². The molecule has 0 fully saturated rings. The minimum absolute atomic E-state index is 0.148. The largest absolute Gasteiger partial charge is 0.486 e. The quantitative estimate of drug-likeness (QED) is 0.529. The molecule has 0 spiro atoms.